The maximum atomic E-state index is 5.00. The first kappa shape index (κ1) is 15.7. The van der Waals surface area contributed by atoms with Crippen molar-refractivity contribution in [3.05, 3.63) is 35.7 Å². The Balaban J connectivity index is 1.94. The number of hydrogen-bond donors (Lipinski definition) is 1. The van der Waals surface area contributed by atoms with Gasteiger partial charge in [0.1, 0.15) is 0 Å². The predicted molar refractivity (Wildman–Crippen MR) is 82.2 cm³/mol. The van der Waals surface area contributed by atoms with Gasteiger partial charge in [0.2, 0.25) is 0 Å². The topological polar surface area (TPSA) is 56.9 Å². The van der Waals surface area contributed by atoms with Crippen LogP contribution in [0.25, 0.3) is 0 Å². The van der Waals surface area contributed by atoms with E-state index in [9.17, 15) is 0 Å². The number of methoxy groups -OCH3 is 1. The fraction of sp³-hybridized carbons (Fsp3) is 0.600. The first-order valence-corrected chi connectivity index (χ1v) is 7.52. The molecule has 2 rings (SSSR count). The second-order valence-electron chi connectivity index (χ2n) is 5.00. The largest absolute Gasteiger partial charge is 0.383 e. The molecule has 116 valence electrons. The van der Waals surface area contributed by atoms with Crippen LogP contribution in [0, 0.1) is 0 Å². The van der Waals surface area contributed by atoms with E-state index >= 15 is 0 Å². The lowest BCUT2D eigenvalue weighted by Gasteiger charge is -2.05. The maximum absolute atomic E-state index is 5.00. The summed E-state index contributed by atoms with van der Waals surface area (Å²) in [4.78, 5) is 4.42. The second kappa shape index (κ2) is 7.95. The van der Waals surface area contributed by atoms with Crippen molar-refractivity contribution < 1.29 is 4.74 Å². The van der Waals surface area contributed by atoms with Crippen LogP contribution in [0.2, 0.25) is 0 Å². The number of nitrogens with one attached hydrogen (secondary N) is 1. The first-order valence-electron chi connectivity index (χ1n) is 7.52. The normalized spacial score (nSPS) is 11.2. The van der Waals surface area contributed by atoms with E-state index in [2.05, 4.69) is 50.8 Å². The highest BCUT2D eigenvalue weighted by atomic mass is 16.5. The third kappa shape index (κ3) is 4.41. The van der Waals surface area contributed by atoms with E-state index in [1.54, 1.807) is 7.11 Å². The van der Waals surface area contributed by atoms with E-state index in [1.807, 2.05) is 6.33 Å². The molecule has 0 bridgehead atoms. The van der Waals surface area contributed by atoms with Crippen LogP contribution >= 0.6 is 0 Å². The number of aryl methyl sites for hydroxylation is 2. The van der Waals surface area contributed by atoms with Gasteiger partial charge >= 0.3 is 0 Å². The summed E-state index contributed by atoms with van der Waals surface area (Å²) in [5.41, 5.74) is 3.42. The van der Waals surface area contributed by atoms with Crippen LogP contribution in [0.15, 0.2) is 18.6 Å². The SMILES string of the molecule is CCc1cc(Cn2cnc(CNCCOC)c2)n(CC)n1. The molecule has 0 aliphatic carbocycles. The standard InChI is InChI=1S/C15H25N5O/c1-4-13-8-15(20(5-2)18-13)11-19-10-14(17-12-19)9-16-6-7-21-3/h8,10,12,16H,4-7,9,11H2,1-3H3. The van der Waals surface area contributed by atoms with Gasteiger partial charge in [0.05, 0.1) is 36.6 Å². The molecule has 2 aromatic heterocycles. The summed E-state index contributed by atoms with van der Waals surface area (Å²) in [6, 6.07) is 2.18. The average Bonchev–Trinajstić information content (AvgIpc) is 3.10. The van der Waals surface area contributed by atoms with Crippen LogP contribution < -0.4 is 5.32 Å². The van der Waals surface area contributed by atoms with Gasteiger partial charge in [-0.05, 0) is 19.4 Å². The van der Waals surface area contributed by atoms with E-state index < -0.39 is 0 Å². The van der Waals surface area contributed by atoms with Crippen LogP contribution in [0.3, 0.4) is 0 Å². The molecule has 2 heterocycles. The van der Waals surface area contributed by atoms with Crippen molar-refractivity contribution in [1.82, 2.24) is 24.6 Å². The van der Waals surface area contributed by atoms with Crippen molar-refractivity contribution in [2.45, 2.75) is 39.9 Å². The minimum absolute atomic E-state index is 0.718. The molecule has 0 saturated carbocycles. The molecule has 0 radical (unpaired) electrons. The van der Waals surface area contributed by atoms with Crippen molar-refractivity contribution in [3.8, 4) is 0 Å². The molecule has 0 fully saturated rings. The van der Waals surface area contributed by atoms with Crippen molar-refractivity contribution in [1.29, 1.82) is 0 Å². The van der Waals surface area contributed by atoms with Crippen molar-refractivity contribution in [2.24, 2.45) is 0 Å². The zero-order valence-corrected chi connectivity index (χ0v) is 13.2. The third-order valence-electron chi connectivity index (χ3n) is 3.40. The zero-order valence-electron chi connectivity index (χ0n) is 13.2. The van der Waals surface area contributed by atoms with Crippen molar-refractivity contribution >= 4 is 0 Å². The highest BCUT2D eigenvalue weighted by molar-refractivity contribution is 5.11. The molecule has 6 heteroatoms. The summed E-state index contributed by atoms with van der Waals surface area (Å²) >= 11 is 0. The van der Waals surface area contributed by atoms with Gasteiger partial charge in [-0.25, -0.2) is 4.98 Å². The van der Waals surface area contributed by atoms with Crippen molar-refractivity contribution in [3.63, 3.8) is 0 Å². The number of hydrogen-bond acceptors (Lipinski definition) is 4. The maximum Gasteiger partial charge on any atom is 0.0953 e. The molecular formula is C15H25N5O. The summed E-state index contributed by atoms with van der Waals surface area (Å²) < 4.78 is 9.18. The lowest BCUT2D eigenvalue weighted by atomic mass is 10.3. The minimum atomic E-state index is 0.718. The van der Waals surface area contributed by atoms with Gasteiger partial charge in [-0.15, -0.1) is 0 Å². The Morgan fingerprint density at radius 3 is 2.86 bits per heavy atom. The molecule has 0 aliphatic heterocycles. The Bertz CT molecular complexity index is 546. The van der Waals surface area contributed by atoms with Gasteiger partial charge in [-0.2, -0.15) is 5.10 Å². The Kier molecular flexibility index (Phi) is 5.95. The van der Waals surface area contributed by atoms with Gasteiger partial charge in [-0.3, -0.25) is 4.68 Å². The number of rotatable bonds is 9. The van der Waals surface area contributed by atoms with Gasteiger partial charge in [0.25, 0.3) is 0 Å². The molecule has 0 amide bonds. The molecule has 0 saturated heterocycles. The van der Waals surface area contributed by atoms with E-state index in [0.29, 0.717) is 0 Å². The van der Waals surface area contributed by atoms with Crippen molar-refractivity contribution in [2.75, 3.05) is 20.3 Å². The lowest BCUT2D eigenvalue weighted by Crippen LogP contribution is -2.18. The van der Waals surface area contributed by atoms with E-state index in [4.69, 9.17) is 4.74 Å². The summed E-state index contributed by atoms with van der Waals surface area (Å²) in [5, 5.41) is 7.87. The second-order valence-corrected chi connectivity index (χ2v) is 5.00. The van der Waals surface area contributed by atoms with Gasteiger partial charge in [0, 0.05) is 32.9 Å². The number of nitrogens with zero attached hydrogens (tertiary/aromatic N) is 4. The molecule has 0 unspecified atom stereocenters. The molecule has 0 spiro atoms. The monoisotopic (exact) mass is 291 g/mol. The highest BCUT2D eigenvalue weighted by Gasteiger charge is 2.07. The molecular weight excluding hydrogens is 266 g/mol. The summed E-state index contributed by atoms with van der Waals surface area (Å²) in [7, 11) is 1.71. The van der Waals surface area contributed by atoms with Crippen LogP contribution in [0.5, 0.6) is 0 Å². The lowest BCUT2D eigenvalue weighted by molar-refractivity contribution is 0.199. The fourth-order valence-electron chi connectivity index (χ4n) is 2.25. The summed E-state index contributed by atoms with van der Waals surface area (Å²) in [6.07, 6.45) is 4.93. The molecule has 6 nitrogen and oxygen atoms in total. The van der Waals surface area contributed by atoms with Gasteiger partial charge < -0.3 is 14.6 Å². The van der Waals surface area contributed by atoms with Gasteiger partial charge in [-0.1, -0.05) is 6.92 Å². The average molecular weight is 291 g/mol. The Labute approximate surface area is 126 Å². The number of aromatic nitrogens is 4. The van der Waals surface area contributed by atoms with Gasteiger partial charge in [0.15, 0.2) is 0 Å². The van der Waals surface area contributed by atoms with Crippen LogP contribution in [-0.2, 0) is 30.8 Å². The minimum Gasteiger partial charge on any atom is -0.383 e. The Morgan fingerprint density at radius 1 is 1.29 bits per heavy atom. The van der Waals surface area contributed by atoms with Crippen LogP contribution in [0.1, 0.15) is 30.9 Å². The summed E-state index contributed by atoms with van der Waals surface area (Å²) in [5.74, 6) is 0. The molecule has 21 heavy (non-hydrogen) atoms. The van der Waals surface area contributed by atoms with E-state index in [1.165, 1.54) is 5.69 Å². The van der Waals surface area contributed by atoms with E-state index in [-0.39, 0.29) is 0 Å². The van der Waals surface area contributed by atoms with E-state index in [0.717, 1.165) is 50.6 Å². The quantitative estimate of drug-likeness (QED) is 0.710. The third-order valence-corrected chi connectivity index (χ3v) is 3.40. The number of imidazole rings is 1. The zero-order chi connectivity index (χ0) is 15.1. The van der Waals surface area contributed by atoms with Crippen LogP contribution in [0.4, 0.5) is 0 Å². The molecule has 0 aliphatic rings. The molecule has 2 aromatic rings. The molecule has 0 aromatic carbocycles. The smallest absolute Gasteiger partial charge is 0.0953 e. The Hall–Kier alpha value is -1.66. The molecule has 1 N–H and O–H groups in total. The Morgan fingerprint density at radius 2 is 2.14 bits per heavy atom. The summed E-state index contributed by atoms with van der Waals surface area (Å²) in [6.45, 7) is 8.29. The predicted octanol–water partition coefficient (Wildman–Crippen LogP) is 1.45. The fourth-order valence-corrected chi connectivity index (χ4v) is 2.25. The number of ether oxygens (including phenoxy) is 1. The van der Waals surface area contributed by atoms with Crippen LogP contribution in [-0.4, -0.2) is 39.6 Å². The highest BCUT2D eigenvalue weighted by Crippen LogP contribution is 2.08. The first-order chi connectivity index (χ1) is 10.3. The molecule has 0 atom stereocenters.